The van der Waals surface area contributed by atoms with Crippen molar-refractivity contribution in [2.75, 3.05) is 0 Å². The topological polar surface area (TPSA) is 32.3 Å². The van der Waals surface area contributed by atoms with Crippen LogP contribution in [0.25, 0.3) is 10.8 Å². The van der Waals surface area contributed by atoms with Crippen LogP contribution in [0.1, 0.15) is 16.7 Å². The van der Waals surface area contributed by atoms with Gasteiger partial charge in [-0.25, -0.2) is 0 Å². The molecule has 3 aromatic rings. The molecule has 2 nitrogen and oxygen atoms in total. The monoisotopic (exact) mass is 277 g/mol. The molecule has 0 amide bonds. The SMILES string of the molecule is OCc1ccccc1CNCc1ccc2ccccc2c1. The first-order chi connectivity index (χ1) is 10.4. The Kier molecular flexibility index (Phi) is 4.29. The van der Waals surface area contributed by atoms with Gasteiger partial charge in [0.1, 0.15) is 0 Å². The van der Waals surface area contributed by atoms with E-state index in [2.05, 4.69) is 53.8 Å². The van der Waals surface area contributed by atoms with Crippen molar-refractivity contribution in [1.82, 2.24) is 5.32 Å². The summed E-state index contributed by atoms with van der Waals surface area (Å²) in [4.78, 5) is 0. The van der Waals surface area contributed by atoms with Crippen molar-refractivity contribution in [3.63, 3.8) is 0 Å². The first-order valence-electron chi connectivity index (χ1n) is 7.23. The molecule has 0 aromatic heterocycles. The number of benzene rings is 3. The molecular formula is C19H19NO. The number of fused-ring (bicyclic) bond motifs is 1. The van der Waals surface area contributed by atoms with Crippen LogP contribution >= 0.6 is 0 Å². The molecule has 3 aromatic carbocycles. The maximum absolute atomic E-state index is 9.33. The molecule has 0 aliphatic rings. The highest BCUT2D eigenvalue weighted by Gasteiger charge is 2.01. The van der Waals surface area contributed by atoms with E-state index in [-0.39, 0.29) is 6.61 Å². The normalized spacial score (nSPS) is 10.9. The molecule has 0 bridgehead atoms. The van der Waals surface area contributed by atoms with E-state index < -0.39 is 0 Å². The molecule has 3 rings (SSSR count). The highest BCUT2D eigenvalue weighted by atomic mass is 16.3. The van der Waals surface area contributed by atoms with Gasteiger partial charge >= 0.3 is 0 Å². The lowest BCUT2D eigenvalue weighted by molar-refractivity contribution is 0.280. The smallest absolute Gasteiger partial charge is 0.0685 e. The van der Waals surface area contributed by atoms with Crippen LogP contribution in [0.15, 0.2) is 66.7 Å². The first-order valence-corrected chi connectivity index (χ1v) is 7.23. The van der Waals surface area contributed by atoms with E-state index in [0.29, 0.717) is 0 Å². The number of rotatable bonds is 5. The highest BCUT2D eigenvalue weighted by Crippen LogP contribution is 2.15. The second kappa shape index (κ2) is 6.53. The van der Waals surface area contributed by atoms with Gasteiger partial charge in [0.15, 0.2) is 0 Å². The maximum atomic E-state index is 9.33. The molecule has 106 valence electrons. The van der Waals surface area contributed by atoms with Crippen LogP contribution in [0, 0.1) is 0 Å². The number of hydrogen-bond donors (Lipinski definition) is 2. The van der Waals surface area contributed by atoms with E-state index in [0.717, 1.165) is 24.2 Å². The molecule has 0 saturated heterocycles. The van der Waals surface area contributed by atoms with E-state index in [1.54, 1.807) is 0 Å². The van der Waals surface area contributed by atoms with Crippen LogP contribution in [-0.2, 0) is 19.7 Å². The second-order valence-electron chi connectivity index (χ2n) is 5.21. The van der Waals surface area contributed by atoms with Crippen molar-refractivity contribution >= 4 is 10.8 Å². The molecule has 0 fully saturated rings. The molecule has 0 spiro atoms. The lowest BCUT2D eigenvalue weighted by Crippen LogP contribution is -2.14. The van der Waals surface area contributed by atoms with E-state index in [1.165, 1.54) is 16.3 Å². The van der Waals surface area contributed by atoms with E-state index in [9.17, 15) is 5.11 Å². The quantitative estimate of drug-likeness (QED) is 0.746. The summed E-state index contributed by atoms with van der Waals surface area (Å²) in [6.07, 6.45) is 0. The Balaban J connectivity index is 1.66. The molecule has 2 N–H and O–H groups in total. The van der Waals surface area contributed by atoms with Gasteiger partial charge < -0.3 is 10.4 Å². The summed E-state index contributed by atoms with van der Waals surface area (Å²) in [5.74, 6) is 0. The fraction of sp³-hybridized carbons (Fsp3) is 0.158. The summed E-state index contributed by atoms with van der Waals surface area (Å²) in [5, 5.41) is 15.3. The van der Waals surface area contributed by atoms with Gasteiger partial charge in [-0.2, -0.15) is 0 Å². The van der Waals surface area contributed by atoms with Crippen LogP contribution in [0.2, 0.25) is 0 Å². The summed E-state index contributed by atoms with van der Waals surface area (Å²) in [6.45, 7) is 1.68. The molecule has 0 unspecified atom stereocenters. The van der Waals surface area contributed by atoms with Crippen LogP contribution < -0.4 is 5.32 Å². The van der Waals surface area contributed by atoms with Crippen LogP contribution in [0.3, 0.4) is 0 Å². The van der Waals surface area contributed by atoms with Gasteiger partial charge in [0.2, 0.25) is 0 Å². The lowest BCUT2D eigenvalue weighted by Gasteiger charge is -2.09. The maximum Gasteiger partial charge on any atom is 0.0685 e. The molecule has 0 aliphatic carbocycles. The number of aliphatic hydroxyl groups is 1. The second-order valence-corrected chi connectivity index (χ2v) is 5.21. The number of hydrogen-bond acceptors (Lipinski definition) is 2. The Bertz CT molecular complexity index is 736. The molecule has 0 atom stereocenters. The third-order valence-electron chi connectivity index (χ3n) is 3.75. The minimum absolute atomic E-state index is 0.0911. The molecule has 0 saturated carbocycles. The Morgan fingerprint density at radius 1 is 0.714 bits per heavy atom. The minimum Gasteiger partial charge on any atom is -0.392 e. The molecule has 2 heteroatoms. The Morgan fingerprint density at radius 2 is 1.43 bits per heavy atom. The van der Waals surface area contributed by atoms with Crippen LogP contribution in [-0.4, -0.2) is 5.11 Å². The summed E-state index contributed by atoms with van der Waals surface area (Å²) in [7, 11) is 0. The van der Waals surface area contributed by atoms with Crippen LogP contribution in [0.5, 0.6) is 0 Å². The minimum atomic E-state index is 0.0911. The van der Waals surface area contributed by atoms with Gasteiger partial charge in [-0.3, -0.25) is 0 Å². The van der Waals surface area contributed by atoms with Crippen molar-refractivity contribution in [1.29, 1.82) is 0 Å². The van der Waals surface area contributed by atoms with Gasteiger partial charge in [-0.05, 0) is 33.5 Å². The number of aliphatic hydroxyl groups excluding tert-OH is 1. The lowest BCUT2D eigenvalue weighted by atomic mass is 10.1. The molecule has 0 aliphatic heterocycles. The fourth-order valence-corrected chi connectivity index (χ4v) is 2.57. The molecule has 0 radical (unpaired) electrons. The third-order valence-corrected chi connectivity index (χ3v) is 3.75. The van der Waals surface area contributed by atoms with Crippen molar-refractivity contribution in [3.8, 4) is 0 Å². The third kappa shape index (κ3) is 3.30. The Labute approximate surface area is 125 Å². The summed E-state index contributed by atoms with van der Waals surface area (Å²) in [5.41, 5.74) is 3.42. The predicted octanol–water partition coefficient (Wildman–Crippen LogP) is 3.62. The zero-order chi connectivity index (χ0) is 14.5. The first kappa shape index (κ1) is 13.8. The summed E-state index contributed by atoms with van der Waals surface area (Å²) in [6, 6.07) is 22.9. The summed E-state index contributed by atoms with van der Waals surface area (Å²) >= 11 is 0. The van der Waals surface area contributed by atoms with Crippen LogP contribution in [0.4, 0.5) is 0 Å². The van der Waals surface area contributed by atoms with Crippen molar-refractivity contribution in [2.45, 2.75) is 19.7 Å². The van der Waals surface area contributed by atoms with E-state index in [4.69, 9.17) is 0 Å². The Morgan fingerprint density at radius 3 is 2.24 bits per heavy atom. The van der Waals surface area contributed by atoms with Gasteiger partial charge in [0.05, 0.1) is 6.61 Å². The standard InChI is InChI=1S/C19H19NO/c21-14-19-8-4-3-7-18(19)13-20-12-15-9-10-16-5-1-2-6-17(16)11-15/h1-11,20-21H,12-14H2. The fourth-order valence-electron chi connectivity index (χ4n) is 2.57. The average molecular weight is 277 g/mol. The molecule has 21 heavy (non-hydrogen) atoms. The van der Waals surface area contributed by atoms with Crippen molar-refractivity contribution < 1.29 is 5.11 Å². The van der Waals surface area contributed by atoms with Gasteiger partial charge in [0, 0.05) is 13.1 Å². The summed E-state index contributed by atoms with van der Waals surface area (Å²) < 4.78 is 0. The zero-order valence-corrected chi connectivity index (χ0v) is 11.9. The molecule has 0 heterocycles. The number of nitrogens with one attached hydrogen (secondary N) is 1. The largest absolute Gasteiger partial charge is 0.392 e. The predicted molar refractivity (Wildman–Crippen MR) is 86.9 cm³/mol. The van der Waals surface area contributed by atoms with E-state index in [1.807, 2.05) is 18.2 Å². The van der Waals surface area contributed by atoms with E-state index >= 15 is 0 Å². The van der Waals surface area contributed by atoms with Gasteiger partial charge in [-0.1, -0.05) is 60.7 Å². The Hall–Kier alpha value is -2.16. The zero-order valence-electron chi connectivity index (χ0n) is 11.9. The van der Waals surface area contributed by atoms with Gasteiger partial charge in [-0.15, -0.1) is 0 Å². The van der Waals surface area contributed by atoms with Crippen molar-refractivity contribution in [2.24, 2.45) is 0 Å². The average Bonchev–Trinajstić information content (AvgIpc) is 2.55. The van der Waals surface area contributed by atoms with Crippen molar-refractivity contribution in [3.05, 3.63) is 83.4 Å². The van der Waals surface area contributed by atoms with Gasteiger partial charge in [0.25, 0.3) is 0 Å². The highest BCUT2D eigenvalue weighted by molar-refractivity contribution is 5.82. The molecular weight excluding hydrogens is 258 g/mol.